The summed E-state index contributed by atoms with van der Waals surface area (Å²) in [5.41, 5.74) is 4.21. The first-order valence-electron chi connectivity index (χ1n) is 13.8. The van der Waals surface area contributed by atoms with E-state index >= 15 is 0 Å². The lowest BCUT2D eigenvalue weighted by atomic mass is 10.1. The molecule has 1 aliphatic rings. The Kier molecular flexibility index (Phi) is 9.63. The number of carbonyl (C=O) groups is 1. The van der Waals surface area contributed by atoms with Crippen molar-refractivity contribution in [3.63, 3.8) is 0 Å². The van der Waals surface area contributed by atoms with Crippen molar-refractivity contribution in [2.24, 2.45) is 0 Å². The van der Waals surface area contributed by atoms with Crippen LogP contribution < -0.4 is 9.64 Å². The highest BCUT2D eigenvalue weighted by Gasteiger charge is 2.30. The van der Waals surface area contributed by atoms with Crippen LogP contribution in [0.2, 0.25) is 0 Å². The lowest BCUT2D eigenvalue weighted by Gasteiger charge is -2.36. The molecule has 1 N–H and O–H groups in total. The van der Waals surface area contributed by atoms with E-state index in [1.54, 1.807) is 17.8 Å². The van der Waals surface area contributed by atoms with Gasteiger partial charge in [-0.15, -0.1) is 23.1 Å². The van der Waals surface area contributed by atoms with Crippen LogP contribution >= 0.6 is 23.1 Å². The van der Waals surface area contributed by atoms with Crippen molar-refractivity contribution in [1.29, 1.82) is 0 Å². The van der Waals surface area contributed by atoms with Gasteiger partial charge in [0, 0.05) is 59.5 Å². The molecule has 2 heterocycles. The van der Waals surface area contributed by atoms with Gasteiger partial charge in [0.15, 0.2) is 6.61 Å². The maximum absolute atomic E-state index is 13.1. The molecule has 0 spiro atoms. The monoisotopic (exact) mass is 627 g/mol. The van der Waals surface area contributed by atoms with Crippen LogP contribution in [0.15, 0.2) is 71.6 Å². The van der Waals surface area contributed by atoms with Gasteiger partial charge in [-0.05, 0) is 61.9 Å². The molecule has 0 atom stereocenters. The third-order valence-corrected chi connectivity index (χ3v) is 9.60. The standard InChI is InChI=1S/C32H32F3N3O3S2/c1-21-3-9-25(10-4-21)38-15-13-37(14-16-38)18-27-29(20-42-26-11-12-28(22(2)17-26)41-19-30(39)40)43-31(36-27)23-5-7-24(8-6-23)32(33,34)35/h3-12,17H,13-16,18-20H2,1-2H3,(H,39,40). The zero-order valence-electron chi connectivity index (χ0n) is 23.9. The molecular weight excluding hydrogens is 595 g/mol. The first-order chi connectivity index (χ1) is 20.5. The van der Waals surface area contributed by atoms with Gasteiger partial charge in [-0.25, -0.2) is 9.78 Å². The van der Waals surface area contributed by atoms with Gasteiger partial charge in [-0.1, -0.05) is 29.8 Å². The summed E-state index contributed by atoms with van der Waals surface area (Å²) in [4.78, 5) is 22.6. The van der Waals surface area contributed by atoms with E-state index in [4.69, 9.17) is 14.8 Å². The van der Waals surface area contributed by atoms with Gasteiger partial charge in [-0.3, -0.25) is 4.90 Å². The number of hydrogen-bond acceptors (Lipinski definition) is 7. The summed E-state index contributed by atoms with van der Waals surface area (Å²) in [6.45, 7) is 7.78. The van der Waals surface area contributed by atoms with Gasteiger partial charge in [0.1, 0.15) is 10.8 Å². The number of halogens is 3. The predicted molar refractivity (Wildman–Crippen MR) is 165 cm³/mol. The van der Waals surface area contributed by atoms with Crippen LogP contribution in [0.4, 0.5) is 18.9 Å². The molecule has 11 heteroatoms. The van der Waals surface area contributed by atoms with Crippen LogP contribution in [-0.4, -0.2) is 53.7 Å². The fourth-order valence-electron chi connectivity index (χ4n) is 4.84. The highest BCUT2D eigenvalue weighted by atomic mass is 32.2. The molecule has 0 saturated carbocycles. The number of rotatable bonds is 10. The summed E-state index contributed by atoms with van der Waals surface area (Å²) in [5, 5.41) is 9.59. The topological polar surface area (TPSA) is 65.9 Å². The summed E-state index contributed by atoms with van der Waals surface area (Å²) in [5.74, 6) is 0.140. The maximum Gasteiger partial charge on any atom is 0.416 e. The number of piperazine rings is 1. The van der Waals surface area contributed by atoms with E-state index in [-0.39, 0.29) is 0 Å². The van der Waals surface area contributed by atoms with Gasteiger partial charge in [0.2, 0.25) is 0 Å². The minimum Gasteiger partial charge on any atom is -0.482 e. The Labute approximate surface area is 257 Å². The smallest absolute Gasteiger partial charge is 0.416 e. The predicted octanol–water partition coefficient (Wildman–Crippen LogP) is 7.52. The number of hydrogen-bond donors (Lipinski definition) is 1. The van der Waals surface area contributed by atoms with E-state index < -0.39 is 24.3 Å². The summed E-state index contributed by atoms with van der Waals surface area (Å²) in [7, 11) is 0. The Morgan fingerprint density at radius 1 is 1.00 bits per heavy atom. The van der Waals surface area contributed by atoms with Gasteiger partial charge in [0.05, 0.1) is 11.3 Å². The Morgan fingerprint density at radius 3 is 2.33 bits per heavy atom. The van der Waals surface area contributed by atoms with Gasteiger partial charge in [-0.2, -0.15) is 13.2 Å². The van der Waals surface area contributed by atoms with Gasteiger partial charge in [0.25, 0.3) is 0 Å². The third kappa shape index (κ3) is 8.10. The van der Waals surface area contributed by atoms with Crippen molar-refractivity contribution in [3.05, 3.63) is 94.0 Å². The van der Waals surface area contributed by atoms with E-state index in [2.05, 4.69) is 41.0 Å². The van der Waals surface area contributed by atoms with E-state index in [0.717, 1.165) is 59.3 Å². The maximum atomic E-state index is 13.1. The summed E-state index contributed by atoms with van der Waals surface area (Å²) >= 11 is 3.14. The lowest BCUT2D eigenvalue weighted by Crippen LogP contribution is -2.46. The molecule has 6 nitrogen and oxygen atoms in total. The zero-order valence-corrected chi connectivity index (χ0v) is 25.5. The van der Waals surface area contributed by atoms with Crippen molar-refractivity contribution in [2.45, 2.75) is 37.2 Å². The molecular formula is C32H32F3N3O3S2. The zero-order chi connectivity index (χ0) is 30.6. The second-order valence-electron chi connectivity index (χ2n) is 10.5. The van der Waals surface area contributed by atoms with Crippen LogP contribution in [0.5, 0.6) is 5.75 Å². The molecule has 0 amide bonds. The number of thiazole rings is 1. The SMILES string of the molecule is Cc1ccc(N2CCN(Cc3nc(-c4ccc(C(F)(F)F)cc4)sc3CSc3ccc(OCC(=O)O)c(C)c3)CC2)cc1. The molecule has 0 unspecified atom stereocenters. The summed E-state index contributed by atoms with van der Waals surface area (Å²) in [6, 6.07) is 19.4. The molecule has 0 radical (unpaired) electrons. The van der Waals surface area contributed by atoms with E-state index in [1.807, 2.05) is 19.1 Å². The quantitative estimate of drug-likeness (QED) is 0.183. The van der Waals surface area contributed by atoms with Crippen molar-refractivity contribution in [2.75, 3.05) is 37.7 Å². The molecule has 43 heavy (non-hydrogen) atoms. The van der Waals surface area contributed by atoms with Crippen molar-refractivity contribution < 1.29 is 27.8 Å². The van der Waals surface area contributed by atoms with Gasteiger partial charge < -0.3 is 14.7 Å². The second kappa shape index (κ2) is 13.4. The van der Waals surface area contributed by atoms with E-state index in [0.29, 0.717) is 28.6 Å². The van der Waals surface area contributed by atoms with Gasteiger partial charge >= 0.3 is 12.1 Å². The molecule has 0 bridgehead atoms. The van der Waals surface area contributed by atoms with Crippen molar-refractivity contribution in [3.8, 4) is 16.3 Å². The fourth-order valence-corrected chi connectivity index (χ4v) is 7.01. The van der Waals surface area contributed by atoms with E-state index in [1.165, 1.54) is 34.7 Å². The molecule has 0 aliphatic carbocycles. The Hall–Kier alpha value is -3.54. The Balaban J connectivity index is 1.31. The molecule has 1 saturated heterocycles. The summed E-state index contributed by atoms with van der Waals surface area (Å²) < 4.78 is 44.8. The number of benzene rings is 3. The number of alkyl halides is 3. The average molecular weight is 628 g/mol. The third-order valence-electron chi connectivity index (χ3n) is 7.25. The number of ether oxygens (including phenoxy) is 1. The molecule has 1 fully saturated rings. The Bertz CT molecular complexity index is 1550. The van der Waals surface area contributed by atoms with Crippen LogP contribution in [0.3, 0.4) is 0 Å². The first-order valence-corrected chi connectivity index (χ1v) is 15.6. The normalized spacial score (nSPS) is 14.2. The number of carboxylic acid groups (broad SMARTS) is 1. The average Bonchev–Trinajstić information content (AvgIpc) is 3.38. The van der Waals surface area contributed by atoms with Crippen LogP contribution in [-0.2, 0) is 23.3 Å². The number of thioether (sulfide) groups is 1. The number of nitrogens with zero attached hydrogens (tertiary/aromatic N) is 3. The molecule has 1 aromatic heterocycles. The molecule has 5 rings (SSSR count). The molecule has 3 aromatic carbocycles. The number of aromatic nitrogens is 1. The van der Waals surface area contributed by atoms with Crippen LogP contribution in [0, 0.1) is 13.8 Å². The second-order valence-corrected chi connectivity index (χ2v) is 12.6. The first kappa shape index (κ1) is 30.9. The Morgan fingerprint density at radius 2 is 1.70 bits per heavy atom. The fraction of sp³-hybridized carbons (Fsp3) is 0.312. The van der Waals surface area contributed by atoms with Crippen molar-refractivity contribution in [1.82, 2.24) is 9.88 Å². The molecule has 1 aliphatic heterocycles. The highest BCUT2D eigenvalue weighted by Crippen LogP contribution is 2.36. The van der Waals surface area contributed by atoms with Crippen LogP contribution in [0.1, 0.15) is 27.3 Å². The number of aryl methyl sites for hydroxylation is 2. The van der Waals surface area contributed by atoms with Crippen molar-refractivity contribution >= 4 is 34.8 Å². The van der Waals surface area contributed by atoms with Crippen LogP contribution in [0.25, 0.3) is 10.6 Å². The molecule has 226 valence electrons. The minimum atomic E-state index is -4.39. The van der Waals surface area contributed by atoms with E-state index in [9.17, 15) is 18.0 Å². The summed E-state index contributed by atoms with van der Waals surface area (Å²) in [6.07, 6.45) is -4.39. The number of carboxylic acids is 1. The lowest BCUT2D eigenvalue weighted by molar-refractivity contribution is -0.139. The minimum absolute atomic E-state index is 0.399. The largest absolute Gasteiger partial charge is 0.482 e. The highest BCUT2D eigenvalue weighted by molar-refractivity contribution is 7.98. The number of anilines is 1. The number of aliphatic carboxylic acids is 1. The molecule has 4 aromatic rings.